The molecule has 4 nitrogen and oxygen atoms in total. The number of nitrogens with zero attached hydrogens (tertiary/aromatic N) is 3. The maximum Gasteiger partial charge on any atom is 0.0597 e. The zero-order chi connectivity index (χ0) is 16.6. The Morgan fingerprint density at radius 3 is 2.70 bits per heavy atom. The van der Waals surface area contributed by atoms with Gasteiger partial charge in [0.25, 0.3) is 0 Å². The van der Waals surface area contributed by atoms with Crippen LogP contribution in [-0.4, -0.2) is 39.9 Å². The maximum atomic E-state index is 4.50. The summed E-state index contributed by atoms with van der Waals surface area (Å²) >= 11 is 0. The quantitative estimate of drug-likeness (QED) is 0.926. The van der Waals surface area contributed by atoms with Crippen molar-refractivity contribution in [2.75, 3.05) is 19.6 Å². The van der Waals surface area contributed by atoms with Crippen LogP contribution < -0.4 is 5.32 Å². The fraction of sp³-hybridized carbons (Fsp3) is 0.842. The predicted octanol–water partition coefficient (Wildman–Crippen LogP) is 2.96. The van der Waals surface area contributed by atoms with Crippen LogP contribution in [-0.2, 0) is 13.6 Å². The van der Waals surface area contributed by atoms with E-state index in [0.717, 1.165) is 30.0 Å². The second-order valence-electron chi connectivity index (χ2n) is 8.84. The lowest BCUT2D eigenvalue weighted by Crippen LogP contribution is -2.43. The number of nitrogens with one attached hydrogen (secondary N) is 1. The third-order valence-corrected chi connectivity index (χ3v) is 5.70. The molecule has 3 rings (SSSR count). The zero-order valence-corrected chi connectivity index (χ0v) is 15.6. The molecule has 1 saturated heterocycles. The van der Waals surface area contributed by atoms with Crippen LogP contribution in [0.1, 0.15) is 51.4 Å². The lowest BCUT2D eigenvalue weighted by atomic mass is 9.73. The van der Waals surface area contributed by atoms with Gasteiger partial charge in [0.1, 0.15) is 0 Å². The molecule has 1 aliphatic heterocycles. The Morgan fingerprint density at radius 2 is 2.04 bits per heavy atom. The summed E-state index contributed by atoms with van der Waals surface area (Å²) in [5.74, 6) is 2.64. The second-order valence-corrected chi connectivity index (χ2v) is 8.84. The highest BCUT2D eigenvalue weighted by Gasteiger charge is 2.40. The Hall–Kier alpha value is -0.870. The van der Waals surface area contributed by atoms with Gasteiger partial charge in [-0.1, -0.05) is 6.42 Å². The summed E-state index contributed by atoms with van der Waals surface area (Å²) in [6.07, 6.45) is 4.25. The van der Waals surface area contributed by atoms with E-state index in [1.807, 2.05) is 0 Å². The lowest BCUT2D eigenvalue weighted by molar-refractivity contribution is 0.182. The molecule has 0 unspecified atom stereocenters. The van der Waals surface area contributed by atoms with Crippen LogP contribution in [0.4, 0.5) is 0 Å². The van der Waals surface area contributed by atoms with Crippen molar-refractivity contribution < 1.29 is 0 Å². The van der Waals surface area contributed by atoms with Crippen LogP contribution in [0.3, 0.4) is 0 Å². The molecule has 2 fully saturated rings. The fourth-order valence-electron chi connectivity index (χ4n) is 4.55. The summed E-state index contributed by atoms with van der Waals surface area (Å²) < 4.78 is 2.05. The van der Waals surface area contributed by atoms with Crippen molar-refractivity contribution in [1.29, 1.82) is 0 Å². The minimum absolute atomic E-state index is 0.234. The molecule has 130 valence electrons. The van der Waals surface area contributed by atoms with Crippen LogP contribution in [0, 0.1) is 24.7 Å². The van der Waals surface area contributed by atoms with E-state index in [1.165, 1.54) is 44.6 Å². The van der Waals surface area contributed by atoms with E-state index < -0.39 is 0 Å². The molecule has 1 aliphatic carbocycles. The minimum Gasteiger partial charge on any atom is -0.312 e. The van der Waals surface area contributed by atoms with Gasteiger partial charge < -0.3 is 5.32 Å². The molecule has 1 aromatic heterocycles. The van der Waals surface area contributed by atoms with E-state index in [1.54, 1.807) is 0 Å². The maximum absolute atomic E-state index is 4.50. The van der Waals surface area contributed by atoms with Crippen LogP contribution in [0.2, 0.25) is 0 Å². The first-order valence-corrected chi connectivity index (χ1v) is 9.29. The molecule has 1 N–H and O–H groups in total. The van der Waals surface area contributed by atoms with Crippen LogP contribution in [0.25, 0.3) is 0 Å². The molecule has 0 spiro atoms. The first-order chi connectivity index (χ1) is 10.8. The third-order valence-electron chi connectivity index (χ3n) is 5.70. The summed E-state index contributed by atoms with van der Waals surface area (Å²) in [6.45, 7) is 13.7. The number of fused-ring (bicyclic) bond motifs is 1. The molecule has 0 radical (unpaired) electrons. The van der Waals surface area contributed by atoms with Gasteiger partial charge in [-0.15, -0.1) is 0 Å². The molecule has 1 aromatic rings. The number of rotatable bonds is 4. The Kier molecular flexibility index (Phi) is 4.84. The molecule has 2 heterocycles. The van der Waals surface area contributed by atoms with Gasteiger partial charge >= 0.3 is 0 Å². The average molecular weight is 319 g/mol. The van der Waals surface area contributed by atoms with Crippen molar-refractivity contribution in [2.45, 2.75) is 59.0 Å². The van der Waals surface area contributed by atoms with Gasteiger partial charge in [0.05, 0.1) is 11.4 Å². The average Bonchev–Trinajstić information content (AvgIpc) is 2.99. The highest BCUT2D eigenvalue weighted by Crippen LogP contribution is 2.40. The van der Waals surface area contributed by atoms with E-state index >= 15 is 0 Å². The van der Waals surface area contributed by atoms with Gasteiger partial charge in [0, 0.05) is 32.2 Å². The van der Waals surface area contributed by atoms with Gasteiger partial charge in [-0.2, -0.15) is 5.10 Å². The highest BCUT2D eigenvalue weighted by molar-refractivity contribution is 5.09. The summed E-state index contributed by atoms with van der Waals surface area (Å²) in [5, 5.41) is 8.24. The number of hydrogen-bond donors (Lipinski definition) is 1. The lowest BCUT2D eigenvalue weighted by Gasteiger charge is -2.35. The van der Waals surface area contributed by atoms with Crippen LogP contribution >= 0.6 is 0 Å². The molecule has 0 amide bonds. The van der Waals surface area contributed by atoms with Crippen LogP contribution in [0.5, 0.6) is 0 Å². The summed E-state index contributed by atoms with van der Waals surface area (Å²) in [5.41, 5.74) is 2.72. The standard InChI is InChI=1S/C19H34N4/c1-14-9-17(22(5)21-14)12-23-11-16-8-6-7-15(18(16)13-23)10-20-19(2,3)4/h9,15-16,18,20H,6-8,10-13H2,1-5H3/t15-,16+,18+/m1/s1. The van der Waals surface area contributed by atoms with Crippen molar-refractivity contribution in [1.82, 2.24) is 20.0 Å². The SMILES string of the molecule is Cc1cc(CN2C[C@@H]3CCC[C@H](CNC(C)(C)C)[C@@H]3C2)n(C)n1. The minimum atomic E-state index is 0.234. The Balaban J connectivity index is 1.60. The van der Waals surface area contributed by atoms with E-state index in [2.05, 4.69) is 60.8 Å². The highest BCUT2D eigenvalue weighted by atomic mass is 15.3. The first-order valence-electron chi connectivity index (χ1n) is 9.29. The number of aromatic nitrogens is 2. The monoisotopic (exact) mass is 318 g/mol. The van der Waals surface area contributed by atoms with Gasteiger partial charge in [0.15, 0.2) is 0 Å². The number of hydrogen-bond acceptors (Lipinski definition) is 3. The summed E-state index contributed by atoms with van der Waals surface area (Å²) in [6, 6.07) is 2.24. The molecule has 0 aromatic carbocycles. The van der Waals surface area contributed by atoms with Crippen LogP contribution in [0.15, 0.2) is 6.07 Å². The molecule has 0 bridgehead atoms. The predicted molar refractivity (Wildman–Crippen MR) is 95.3 cm³/mol. The Morgan fingerprint density at radius 1 is 1.26 bits per heavy atom. The van der Waals surface area contributed by atoms with Gasteiger partial charge in [-0.05, 0) is 70.9 Å². The van der Waals surface area contributed by atoms with Gasteiger partial charge in [0.2, 0.25) is 0 Å². The molecular formula is C19H34N4. The molecular weight excluding hydrogens is 284 g/mol. The smallest absolute Gasteiger partial charge is 0.0597 e. The Labute approximate surface area is 141 Å². The largest absolute Gasteiger partial charge is 0.312 e. The van der Waals surface area contributed by atoms with Gasteiger partial charge in [-0.3, -0.25) is 9.58 Å². The Bertz CT molecular complexity index is 528. The van der Waals surface area contributed by atoms with Crippen molar-refractivity contribution in [3.8, 4) is 0 Å². The van der Waals surface area contributed by atoms with E-state index in [-0.39, 0.29) is 5.54 Å². The van der Waals surface area contributed by atoms with Crippen molar-refractivity contribution >= 4 is 0 Å². The van der Waals surface area contributed by atoms with Crippen molar-refractivity contribution in [2.24, 2.45) is 24.8 Å². The summed E-state index contributed by atoms with van der Waals surface area (Å²) in [7, 11) is 2.07. The third kappa shape index (κ3) is 4.16. The second kappa shape index (κ2) is 6.56. The zero-order valence-electron chi connectivity index (χ0n) is 15.6. The van der Waals surface area contributed by atoms with Crippen molar-refractivity contribution in [3.05, 3.63) is 17.5 Å². The molecule has 2 aliphatic rings. The van der Waals surface area contributed by atoms with E-state index in [9.17, 15) is 0 Å². The fourth-order valence-corrected chi connectivity index (χ4v) is 4.55. The normalized spacial score (nSPS) is 29.0. The number of likely N-dealkylation sites (tertiary alicyclic amines) is 1. The summed E-state index contributed by atoms with van der Waals surface area (Å²) in [4.78, 5) is 2.67. The first kappa shape index (κ1) is 17.0. The molecule has 3 atom stereocenters. The van der Waals surface area contributed by atoms with Crippen molar-refractivity contribution in [3.63, 3.8) is 0 Å². The molecule has 4 heteroatoms. The topological polar surface area (TPSA) is 33.1 Å². The number of aryl methyl sites for hydroxylation is 2. The molecule has 23 heavy (non-hydrogen) atoms. The molecule has 1 saturated carbocycles. The van der Waals surface area contributed by atoms with E-state index in [4.69, 9.17) is 0 Å². The van der Waals surface area contributed by atoms with E-state index in [0.29, 0.717) is 0 Å². The van der Waals surface area contributed by atoms with Gasteiger partial charge in [-0.25, -0.2) is 0 Å².